The van der Waals surface area contributed by atoms with E-state index in [1.54, 1.807) is 11.3 Å². The fraction of sp³-hybridized carbons (Fsp3) is 0. The van der Waals surface area contributed by atoms with Crippen molar-refractivity contribution in [1.29, 1.82) is 0 Å². The lowest BCUT2D eigenvalue weighted by Gasteiger charge is -2.11. The first-order valence-corrected chi connectivity index (χ1v) is 15.6. The molecule has 3 aromatic heterocycles. The average molecular weight is 580 g/mol. The minimum atomic E-state index is 0.713. The predicted octanol–water partition coefficient (Wildman–Crippen LogP) is 10.9. The van der Waals surface area contributed by atoms with Crippen LogP contribution in [0.15, 0.2) is 151 Å². The topological polar surface area (TPSA) is 30.7 Å². The van der Waals surface area contributed by atoms with Gasteiger partial charge in [0.1, 0.15) is 0 Å². The summed E-state index contributed by atoms with van der Waals surface area (Å²) in [5.41, 5.74) is 8.47. The Bertz CT molecular complexity index is 2420. The van der Waals surface area contributed by atoms with Gasteiger partial charge in [0.15, 0.2) is 5.82 Å². The highest BCUT2D eigenvalue weighted by Crippen LogP contribution is 2.40. The molecule has 0 aliphatic rings. The van der Waals surface area contributed by atoms with Crippen molar-refractivity contribution >= 4 is 54.0 Å². The third kappa shape index (κ3) is 4.03. The molecule has 0 unspecified atom stereocenters. The average Bonchev–Trinajstić information content (AvgIpc) is 3.69. The molecule has 0 saturated heterocycles. The van der Waals surface area contributed by atoms with Crippen LogP contribution in [0.3, 0.4) is 0 Å². The molecule has 6 aromatic carbocycles. The van der Waals surface area contributed by atoms with E-state index in [0.29, 0.717) is 5.82 Å². The van der Waals surface area contributed by atoms with Crippen LogP contribution in [0, 0.1) is 0 Å². The molecule has 0 aliphatic heterocycles. The molecule has 9 aromatic rings. The van der Waals surface area contributed by atoms with Crippen LogP contribution in [0.25, 0.3) is 82.3 Å². The van der Waals surface area contributed by atoms with Crippen molar-refractivity contribution in [3.8, 4) is 39.6 Å². The first-order valence-electron chi connectivity index (χ1n) is 14.7. The van der Waals surface area contributed by atoms with E-state index in [-0.39, 0.29) is 0 Å². The Morgan fingerprint density at radius 3 is 1.89 bits per heavy atom. The van der Waals surface area contributed by atoms with Crippen molar-refractivity contribution < 1.29 is 0 Å². The smallest absolute Gasteiger partial charge is 0.160 e. The molecule has 0 saturated carbocycles. The molecule has 0 bridgehead atoms. The lowest BCUT2D eigenvalue weighted by Crippen LogP contribution is -1.97. The molecular formula is C40H25N3S. The highest BCUT2D eigenvalue weighted by atomic mass is 32.1. The quantitative estimate of drug-likeness (QED) is 0.208. The van der Waals surface area contributed by atoms with Gasteiger partial charge in [-0.05, 0) is 76.1 Å². The first-order chi connectivity index (χ1) is 21.8. The summed E-state index contributed by atoms with van der Waals surface area (Å²) in [6, 6.07) is 51.5. The summed E-state index contributed by atoms with van der Waals surface area (Å²) in [5, 5.41) is 8.56. The highest BCUT2D eigenvalue weighted by Gasteiger charge is 2.17. The van der Waals surface area contributed by atoms with Crippen molar-refractivity contribution in [1.82, 2.24) is 14.5 Å². The molecule has 0 spiro atoms. The molecule has 4 heteroatoms. The molecule has 0 amide bonds. The summed E-state index contributed by atoms with van der Waals surface area (Å²) in [5.74, 6) is 0.713. The lowest BCUT2D eigenvalue weighted by atomic mass is 10.0. The number of benzene rings is 6. The maximum atomic E-state index is 5.04. The number of hydrogen-bond acceptors (Lipinski definition) is 3. The molecule has 206 valence electrons. The van der Waals surface area contributed by atoms with Gasteiger partial charge in [-0.3, -0.25) is 0 Å². The van der Waals surface area contributed by atoms with Crippen LogP contribution >= 0.6 is 11.3 Å². The number of thiophene rings is 1. The second-order valence-corrected chi connectivity index (χ2v) is 12.0. The third-order valence-corrected chi connectivity index (χ3v) is 9.36. The minimum Gasteiger partial charge on any atom is -0.309 e. The van der Waals surface area contributed by atoms with Gasteiger partial charge in [-0.2, -0.15) is 0 Å². The Kier molecular flexibility index (Phi) is 5.68. The van der Waals surface area contributed by atoms with Gasteiger partial charge >= 0.3 is 0 Å². The molecule has 3 heterocycles. The van der Waals surface area contributed by atoms with Crippen LogP contribution in [0.2, 0.25) is 0 Å². The zero-order chi connectivity index (χ0) is 29.0. The Morgan fingerprint density at radius 1 is 0.477 bits per heavy atom. The van der Waals surface area contributed by atoms with Gasteiger partial charge in [0.25, 0.3) is 0 Å². The van der Waals surface area contributed by atoms with E-state index in [2.05, 4.69) is 119 Å². The Morgan fingerprint density at radius 2 is 1.16 bits per heavy atom. The van der Waals surface area contributed by atoms with Gasteiger partial charge in [-0.15, -0.1) is 11.3 Å². The fourth-order valence-electron chi connectivity index (χ4n) is 6.37. The van der Waals surface area contributed by atoms with E-state index in [1.165, 1.54) is 42.7 Å². The third-order valence-electron chi connectivity index (χ3n) is 8.48. The number of rotatable bonds is 4. The van der Waals surface area contributed by atoms with Crippen LogP contribution in [-0.2, 0) is 0 Å². The SMILES string of the molecule is c1ccc(-c2cc(-c3ccccc3)nc(-c3ccc(-n4c5cc6ccsc6cc5c5c6ccccc6ccc54)cc3)n2)cc1. The van der Waals surface area contributed by atoms with Gasteiger partial charge in [0, 0.05) is 37.9 Å². The van der Waals surface area contributed by atoms with E-state index in [9.17, 15) is 0 Å². The zero-order valence-electron chi connectivity index (χ0n) is 23.7. The number of nitrogens with zero attached hydrogens (tertiary/aromatic N) is 3. The van der Waals surface area contributed by atoms with E-state index in [4.69, 9.17) is 9.97 Å². The normalized spacial score (nSPS) is 11.6. The summed E-state index contributed by atoms with van der Waals surface area (Å²) >= 11 is 1.80. The van der Waals surface area contributed by atoms with Crippen LogP contribution in [0.1, 0.15) is 0 Å². The summed E-state index contributed by atoms with van der Waals surface area (Å²) in [6.07, 6.45) is 0. The van der Waals surface area contributed by atoms with E-state index in [0.717, 1.165) is 33.8 Å². The van der Waals surface area contributed by atoms with Gasteiger partial charge in [0.05, 0.1) is 22.4 Å². The summed E-state index contributed by atoms with van der Waals surface area (Å²) in [7, 11) is 0. The van der Waals surface area contributed by atoms with E-state index < -0.39 is 0 Å². The monoisotopic (exact) mass is 579 g/mol. The van der Waals surface area contributed by atoms with Crippen LogP contribution in [-0.4, -0.2) is 14.5 Å². The Labute approximate surface area is 258 Å². The Balaban J connectivity index is 1.23. The van der Waals surface area contributed by atoms with E-state index in [1.807, 2.05) is 36.4 Å². The van der Waals surface area contributed by atoms with Gasteiger partial charge < -0.3 is 4.57 Å². The van der Waals surface area contributed by atoms with Crippen LogP contribution in [0.5, 0.6) is 0 Å². The fourth-order valence-corrected chi connectivity index (χ4v) is 7.18. The summed E-state index contributed by atoms with van der Waals surface area (Å²) in [4.78, 5) is 10.1. The van der Waals surface area contributed by atoms with Gasteiger partial charge in [-0.1, -0.05) is 91.0 Å². The molecule has 44 heavy (non-hydrogen) atoms. The predicted molar refractivity (Wildman–Crippen MR) is 186 cm³/mol. The standard InChI is InChI=1S/C40H25N3S/c1-3-10-27(11-4-1)34-25-35(28-12-5-2-6-13-28)42-40(41-34)29-15-18-31(19-16-29)43-36-20-17-26-9-7-8-14-32(26)39(36)33-24-38-30(21-22-44-38)23-37(33)43/h1-25H. The van der Waals surface area contributed by atoms with Crippen molar-refractivity contribution in [2.45, 2.75) is 0 Å². The number of hydrogen-bond donors (Lipinski definition) is 0. The Hall–Kier alpha value is -5.58. The highest BCUT2D eigenvalue weighted by molar-refractivity contribution is 7.17. The van der Waals surface area contributed by atoms with Crippen molar-refractivity contribution in [2.24, 2.45) is 0 Å². The van der Waals surface area contributed by atoms with Crippen molar-refractivity contribution in [2.75, 3.05) is 0 Å². The molecular weight excluding hydrogens is 555 g/mol. The number of aromatic nitrogens is 3. The summed E-state index contributed by atoms with van der Waals surface area (Å²) < 4.78 is 3.71. The second-order valence-electron chi connectivity index (χ2n) is 11.1. The van der Waals surface area contributed by atoms with Crippen LogP contribution in [0.4, 0.5) is 0 Å². The molecule has 0 N–H and O–H groups in total. The van der Waals surface area contributed by atoms with Gasteiger partial charge in [-0.25, -0.2) is 9.97 Å². The largest absolute Gasteiger partial charge is 0.309 e. The number of fused-ring (bicyclic) bond motifs is 6. The molecule has 9 rings (SSSR count). The molecule has 3 nitrogen and oxygen atoms in total. The lowest BCUT2D eigenvalue weighted by molar-refractivity contribution is 1.16. The molecule has 0 radical (unpaired) electrons. The molecule has 0 fully saturated rings. The van der Waals surface area contributed by atoms with Crippen LogP contribution < -0.4 is 0 Å². The van der Waals surface area contributed by atoms with Gasteiger partial charge in [0.2, 0.25) is 0 Å². The van der Waals surface area contributed by atoms with Crippen molar-refractivity contribution in [3.63, 3.8) is 0 Å². The maximum absolute atomic E-state index is 5.04. The molecule has 0 atom stereocenters. The maximum Gasteiger partial charge on any atom is 0.160 e. The molecule has 0 aliphatic carbocycles. The zero-order valence-corrected chi connectivity index (χ0v) is 24.5. The first kappa shape index (κ1) is 25.0. The second kappa shape index (κ2) is 10.0. The van der Waals surface area contributed by atoms with Crippen molar-refractivity contribution in [3.05, 3.63) is 151 Å². The van der Waals surface area contributed by atoms with E-state index >= 15 is 0 Å². The minimum absolute atomic E-state index is 0.713. The summed E-state index contributed by atoms with van der Waals surface area (Å²) in [6.45, 7) is 0.